The Labute approximate surface area is 164 Å². The number of rotatable bonds is 7. The number of carboxylic acid groups (broad SMARTS) is 1. The summed E-state index contributed by atoms with van der Waals surface area (Å²) in [5, 5.41) is 10.7. The first-order valence-corrected chi connectivity index (χ1v) is 11.4. The number of carboxylic acids is 1. The average Bonchev–Trinajstić information content (AvgIpc) is 3.14. The van der Waals surface area contributed by atoms with Crippen LogP contribution < -0.4 is 9.44 Å². The van der Waals surface area contributed by atoms with Gasteiger partial charge in [0.2, 0.25) is 0 Å². The molecule has 12 heteroatoms. The molecular formula is C16H13N3O6S3. The fraction of sp³-hybridized carbons (Fsp3) is 0. The van der Waals surface area contributed by atoms with Crippen LogP contribution >= 0.6 is 11.3 Å². The summed E-state index contributed by atoms with van der Waals surface area (Å²) in [6.07, 6.45) is 1.46. The highest BCUT2D eigenvalue weighted by atomic mass is 32.2. The number of carbonyl (C=O) groups is 1. The van der Waals surface area contributed by atoms with E-state index in [1.165, 1.54) is 54.7 Å². The molecule has 0 fully saturated rings. The van der Waals surface area contributed by atoms with Crippen molar-refractivity contribution in [2.75, 3.05) is 9.44 Å². The smallest absolute Gasteiger partial charge is 0.335 e. The Balaban J connectivity index is 1.77. The number of hydrogen-bond donors (Lipinski definition) is 3. The number of benzene rings is 2. The van der Waals surface area contributed by atoms with Crippen molar-refractivity contribution in [3.05, 3.63) is 65.7 Å². The van der Waals surface area contributed by atoms with Crippen molar-refractivity contribution in [1.82, 2.24) is 4.98 Å². The van der Waals surface area contributed by atoms with E-state index in [1.807, 2.05) is 0 Å². The van der Waals surface area contributed by atoms with Gasteiger partial charge in [0.1, 0.15) is 0 Å². The minimum Gasteiger partial charge on any atom is -0.478 e. The molecule has 0 saturated heterocycles. The lowest BCUT2D eigenvalue weighted by atomic mass is 10.2. The van der Waals surface area contributed by atoms with Gasteiger partial charge in [0, 0.05) is 17.3 Å². The van der Waals surface area contributed by atoms with Gasteiger partial charge in [0.25, 0.3) is 20.0 Å². The summed E-state index contributed by atoms with van der Waals surface area (Å²) in [4.78, 5) is 14.5. The molecule has 0 aliphatic rings. The highest BCUT2D eigenvalue weighted by molar-refractivity contribution is 7.93. The first kappa shape index (κ1) is 19.8. The van der Waals surface area contributed by atoms with E-state index >= 15 is 0 Å². The van der Waals surface area contributed by atoms with Crippen LogP contribution in [0.1, 0.15) is 10.4 Å². The van der Waals surface area contributed by atoms with Gasteiger partial charge in [-0.25, -0.2) is 26.6 Å². The van der Waals surface area contributed by atoms with Crippen molar-refractivity contribution in [2.45, 2.75) is 9.79 Å². The van der Waals surface area contributed by atoms with Gasteiger partial charge in [-0.15, -0.1) is 11.3 Å². The number of sulfonamides is 2. The van der Waals surface area contributed by atoms with Crippen LogP contribution in [0.25, 0.3) is 0 Å². The lowest BCUT2D eigenvalue weighted by Crippen LogP contribution is -2.14. The Hall–Kier alpha value is -2.96. The minimum absolute atomic E-state index is 0.0405. The molecule has 1 heterocycles. The fourth-order valence-electron chi connectivity index (χ4n) is 2.14. The molecule has 0 aliphatic heterocycles. The van der Waals surface area contributed by atoms with Crippen LogP contribution in [-0.4, -0.2) is 32.9 Å². The third-order valence-electron chi connectivity index (χ3n) is 3.48. The maximum atomic E-state index is 12.4. The first-order chi connectivity index (χ1) is 13.2. The van der Waals surface area contributed by atoms with Crippen molar-refractivity contribution in [3.63, 3.8) is 0 Å². The van der Waals surface area contributed by atoms with Crippen LogP contribution in [0.15, 0.2) is 69.9 Å². The summed E-state index contributed by atoms with van der Waals surface area (Å²) in [6, 6.07) is 9.81. The topological polar surface area (TPSA) is 143 Å². The highest BCUT2D eigenvalue weighted by Gasteiger charge is 2.18. The molecule has 0 bridgehead atoms. The molecule has 0 radical (unpaired) electrons. The first-order valence-electron chi connectivity index (χ1n) is 7.56. The van der Waals surface area contributed by atoms with Crippen LogP contribution in [0, 0.1) is 0 Å². The third-order valence-corrected chi connectivity index (χ3v) is 7.05. The Morgan fingerprint density at radius 2 is 1.39 bits per heavy atom. The SMILES string of the molecule is O=C(O)c1ccc(S(=O)(=O)Nc2ccc(S(=O)(=O)Nc3nccs3)cc2)cc1. The van der Waals surface area contributed by atoms with Gasteiger partial charge in [0.05, 0.1) is 15.4 Å². The second kappa shape index (κ2) is 7.58. The Morgan fingerprint density at radius 1 is 0.857 bits per heavy atom. The van der Waals surface area contributed by atoms with Crippen LogP contribution in [0.2, 0.25) is 0 Å². The number of aromatic carboxylic acids is 1. The second-order valence-electron chi connectivity index (χ2n) is 5.40. The third kappa shape index (κ3) is 4.47. The van der Waals surface area contributed by atoms with E-state index in [-0.39, 0.29) is 26.2 Å². The monoisotopic (exact) mass is 439 g/mol. The van der Waals surface area contributed by atoms with Crippen LogP contribution in [0.3, 0.4) is 0 Å². The van der Waals surface area contributed by atoms with E-state index in [0.29, 0.717) is 0 Å². The molecule has 3 aromatic rings. The molecule has 3 N–H and O–H groups in total. The minimum atomic E-state index is -3.96. The number of aromatic nitrogens is 1. The molecule has 0 saturated carbocycles. The fourth-order valence-corrected chi connectivity index (χ4v) is 4.99. The zero-order chi connectivity index (χ0) is 20.4. The Morgan fingerprint density at radius 3 is 1.89 bits per heavy atom. The lowest BCUT2D eigenvalue weighted by Gasteiger charge is -2.10. The van der Waals surface area contributed by atoms with Crippen LogP contribution in [0.4, 0.5) is 10.8 Å². The van der Waals surface area contributed by atoms with Crippen LogP contribution in [0.5, 0.6) is 0 Å². The van der Waals surface area contributed by atoms with E-state index in [0.717, 1.165) is 11.3 Å². The molecule has 2 aromatic carbocycles. The zero-order valence-electron chi connectivity index (χ0n) is 13.9. The van der Waals surface area contributed by atoms with Gasteiger partial charge in [-0.2, -0.15) is 0 Å². The quantitative estimate of drug-likeness (QED) is 0.513. The summed E-state index contributed by atoms with van der Waals surface area (Å²) in [7, 11) is -7.81. The molecule has 1 aromatic heterocycles. The summed E-state index contributed by atoms with van der Waals surface area (Å²) >= 11 is 1.13. The van der Waals surface area contributed by atoms with Crippen LogP contribution in [-0.2, 0) is 20.0 Å². The molecule has 0 amide bonds. The molecular weight excluding hydrogens is 426 g/mol. The number of nitrogens with one attached hydrogen (secondary N) is 2. The highest BCUT2D eigenvalue weighted by Crippen LogP contribution is 2.21. The number of nitrogens with zero attached hydrogens (tertiary/aromatic N) is 1. The second-order valence-corrected chi connectivity index (χ2v) is 9.66. The maximum Gasteiger partial charge on any atom is 0.335 e. The Kier molecular flexibility index (Phi) is 5.36. The summed E-state index contributed by atoms with van der Waals surface area (Å²) in [5.41, 5.74) is 0.108. The molecule has 3 rings (SSSR count). The van der Waals surface area contributed by atoms with Crippen molar-refractivity contribution in [1.29, 1.82) is 0 Å². The van der Waals surface area contributed by atoms with Crippen molar-refractivity contribution in [3.8, 4) is 0 Å². The molecule has 0 atom stereocenters. The lowest BCUT2D eigenvalue weighted by molar-refractivity contribution is 0.0696. The van der Waals surface area contributed by atoms with Gasteiger partial charge in [0.15, 0.2) is 5.13 Å². The standard InChI is InChI=1S/C16H13N3O6S3/c20-15(21)11-1-5-13(6-2-11)27(22,23)18-12-3-7-14(8-4-12)28(24,25)19-16-17-9-10-26-16/h1-10,18H,(H,17,19)(H,20,21). The zero-order valence-corrected chi connectivity index (χ0v) is 16.4. The molecule has 9 nitrogen and oxygen atoms in total. The van der Waals surface area contributed by atoms with Gasteiger partial charge in [-0.1, -0.05) is 0 Å². The maximum absolute atomic E-state index is 12.4. The molecule has 0 aliphatic carbocycles. The number of thiazole rings is 1. The molecule has 28 heavy (non-hydrogen) atoms. The van der Waals surface area contributed by atoms with Crippen molar-refractivity contribution < 1.29 is 26.7 Å². The number of anilines is 2. The largest absolute Gasteiger partial charge is 0.478 e. The van der Waals surface area contributed by atoms with Crippen molar-refractivity contribution in [2.24, 2.45) is 0 Å². The molecule has 146 valence electrons. The van der Waals surface area contributed by atoms with Gasteiger partial charge < -0.3 is 5.11 Å². The van der Waals surface area contributed by atoms with E-state index in [9.17, 15) is 21.6 Å². The van der Waals surface area contributed by atoms with E-state index in [1.54, 1.807) is 5.38 Å². The summed E-state index contributed by atoms with van der Waals surface area (Å²) < 4.78 is 53.9. The van der Waals surface area contributed by atoms with E-state index < -0.39 is 26.0 Å². The average molecular weight is 439 g/mol. The molecule has 0 unspecified atom stereocenters. The number of hydrogen-bond acceptors (Lipinski definition) is 7. The van der Waals surface area contributed by atoms with Gasteiger partial charge >= 0.3 is 5.97 Å². The van der Waals surface area contributed by atoms with Crippen molar-refractivity contribution >= 4 is 48.2 Å². The Bertz CT molecular complexity index is 1190. The summed E-state index contributed by atoms with van der Waals surface area (Å²) in [6.45, 7) is 0. The van der Waals surface area contributed by atoms with Gasteiger partial charge in [-0.05, 0) is 48.5 Å². The summed E-state index contributed by atoms with van der Waals surface area (Å²) in [5.74, 6) is -1.17. The predicted molar refractivity (Wildman–Crippen MR) is 104 cm³/mol. The van der Waals surface area contributed by atoms with E-state index in [4.69, 9.17) is 5.11 Å². The van der Waals surface area contributed by atoms with E-state index in [2.05, 4.69) is 14.4 Å². The predicted octanol–water partition coefficient (Wildman–Crippen LogP) is 2.44. The molecule has 0 spiro atoms. The normalized spacial score (nSPS) is 11.7. The van der Waals surface area contributed by atoms with Gasteiger partial charge in [-0.3, -0.25) is 9.44 Å².